The van der Waals surface area contributed by atoms with Gasteiger partial charge in [-0.3, -0.25) is 0 Å². The average molecular weight is 222 g/mol. The number of fused-ring (bicyclic) bond motifs is 1. The summed E-state index contributed by atoms with van der Waals surface area (Å²) in [6.07, 6.45) is 0. The van der Waals surface area contributed by atoms with E-state index in [4.69, 9.17) is 4.42 Å². The van der Waals surface area contributed by atoms with Gasteiger partial charge in [-0.15, -0.1) is 0 Å². The Bertz CT molecular complexity index is 663. The van der Waals surface area contributed by atoms with E-state index >= 15 is 0 Å². The van der Waals surface area contributed by atoms with Crippen LogP contribution in [0.15, 0.2) is 52.9 Å². The number of benzene rings is 2. The molecule has 0 bridgehead atoms. The minimum Gasteiger partial charge on any atom is -0.456 e. The Hall–Kier alpha value is -2.02. The number of para-hydroxylation sites is 1. The lowest BCUT2D eigenvalue weighted by atomic mass is 10.1. The molecule has 0 saturated heterocycles. The summed E-state index contributed by atoms with van der Waals surface area (Å²) >= 11 is 0. The lowest BCUT2D eigenvalue weighted by Crippen LogP contribution is -1.76. The van der Waals surface area contributed by atoms with E-state index in [1.807, 2.05) is 18.2 Å². The van der Waals surface area contributed by atoms with Gasteiger partial charge in [0.15, 0.2) is 0 Å². The molecule has 1 aromatic heterocycles. The van der Waals surface area contributed by atoms with Crippen LogP contribution in [0, 0.1) is 13.8 Å². The largest absolute Gasteiger partial charge is 0.456 e. The first kappa shape index (κ1) is 10.2. The van der Waals surface area contributed by atoms with Crippen molar-refractivity contribution in [2.45, 2.75) is 13.8 Å². The summed E-state index contributed by atoms with van der Waals surface area (Å²) in [5.41, 5.74) is 4.55. The second-order valence-corrected chi connectivity index (χ2v) is 4.37. The van der Waals surface area contributed by atoms with Crippen LogP contribution in [0.2, 0.25) is 0 Å². The van der Waals surface area contributed by atoms with E-state index < -0.39 is 0 Å². The minimum absolute atomic E-state index is 0.981. The molecule has 84 valence electrons. The Labute approximate surface area is 101 Å². The summed E-state index contributed by atoms with van der Waals surface area (Å²) in [6, 6.07) is 16.5. The molecule has 0 amide bonds. The van der Waals surface area contributed by atoms with Gasteiger partial charge < -0.3 is 4.42 Å². The molecular weight excluding hydrogens is 208 g/mol. The predicted octanol–water partition coefficient (Wildman–Crippen LogP) is 4.72. The monoisotopic (exact) mass is 222 g/mol. The molecule has 1 heteroatoms. The fraction of sp³-hybridized carbons (Fsp3) is 0.125. The van der Waals surface area contributed by atoms with Crippen molar-refractivity contribution in [1.29, 1.82) is 0 Å². The van der Waals surface area contributed by atoms with Crippen molar-refractivity contribution in [3.8, 4) is 11.3 Å². The fourth-order valence-corrected chi connectivity index (χ4v) is 2.25. The molecule has 0 fully saturated rings. The molecule has 0 aliphatic heterocycles. The van der Waals surface area contributed by atoms with E-state index in [0.29, 0.717) is 0 Å². The van der Waals surface area contributed by atoms with Gasteiger partial charge in [0.2, 0.25) is 0 Å². The van der Waals surface area contributed by atoms with Gasteiger partial charge in [-0.25, -0.2) is 0 Å². The lowest BCUT2D eigenvalue weighted by molar-refractivity contribution is 0.626. The Morgan fingerprint density at radius 2 is 1.59 bits per heavy atom. The lowest BCUT2D eigenvalue weighted by Gasteiger charge is -1.97. The predicted molar refractivity (Wildman–Crippen MR) is 71.1 cm³/mol. The zero-order valence-electron chi connectivity index (χ0n) is 10.0. The van der Waals surface area contributed by atoms with E-state index in [9.17, 15) is 0 Å². The smallest absolute Gasteiger partial charge is 0.138 e. The van der Waals surface area contributed by atoms with Crippen molar-refractivity contribution in [3.63, 3.8) is 0 Å². The zero-order chi connectivity index (χ0) is 11.8. The van der Waals surface area contributed by atoms with Crippen LogP contribution in [0.25, 0.3) is 22.3 Å². The minimum atomic E-state index is 0.981. The van der Waals surface area contributed by atoms with Crippen LogP contribution in [-0.4, -0.2) is 0 Å². The van der Waals surface area contributed by atoms with Gasteiger partial charge in [-0.05, 0) is 19.4 Å². The van der Waals surface area contributed by atoms with Crippen molar-refractivity contribution >= 4 is 11.0 Å². The molecule has 0 N–H and O–H groups in total. The third kappa shape index (κ3) is 1.55. The van der Waals surface area contributed by atoms with Crippen molar-refractivity contribution < 1.29 is 4.42 Å². The van der Waals surface area contributed by atoms with Crippen LogP contribution < -0.4 is 0 Å². The second-order valence-electron chi connectivity index (χ2n) is 4.37. The van der Waals surface area contributed by atoms with E-state index in [2.05, 4.69) is 44.2 Å². The molecule has 3 rings (SSSR count). The number of furan rings is 1. The summed E-state index contributed by atoms with van der Waals surface area (Å²) in [4.78, 5) is 0. The molecule has 0 atom stereocenters. The highest BCUT2D eigenvalue weighted by atomic mass is 16.3. The number of aryl methyl sites for hydroxylation is 2. The molecule has 1 heterocycles. The molecule has 1 nitrogen and oxygen atoms in total. The van der Waals surface area contributed by atoms with Crippen molar-refractivity contribution in [2.24, 2.45) is 0 Å². The topological polar surface area (TPSA) is 13.1 Å². The number of hydrogen-bond donors (Lipinski definition) is 0. The van der Waals surface area contributed by atoms with Gasteiger partial charge in [-0.2, -0.15) is 0 Å². The van der Waals surface area contributed by atoms with E-state index in [1.165, 1.54) is 16.5 Å². The summed E-state index contributed by atoms with van der Waals surface area (Å²) in [5.74, 6) is 0.981. The third-order valence-electron chi connectivity index (χ3n) is 3.20. The summed E-state index contributed by atoms with van der Waals surface area (Å²) < 4.78 is 6.02. The Kier molecular flexibility index (Phi) is 2.25. The molecule has 3 aromatic rings. The number of rotatable bonds is 1. The van der Waals surface area contributed by atoms with Gasteiger partial charge in [0, 0.05) is 16.5 Å². The molecule has 0 saturated carbocycles. The molecule has 17 heavy (non-hydrogen) atoms. The summed E-state index contributed by atoms with van der Waals surface area (Å²) in [7, 11) is 0. The quantitative estimate of drug-likeness (QED) is 0.580. The third-order valence-corrected chi connectivity index (χ3v) is 3.20. The molecule has 2 aromatic carbocycles. The van der Waals surface area contributed by atoms with Crippen molar-refractivity contribution in [1.82, 2.24) is 0 Å². The van der Waals surface area contributed by atoms with E-state index in [-0.39, 0.29) is 0 Å². The Balaban J connectivity index is 2.32. The molecule has 0 unspecified atom stereocenters. The van der Waals surface area contributed by atoms with E-state index in [1.54, 1.807) is 0 Å². The van der Waals surface area contributed by atoms with E-state index in [0.717, 1.165) is 16.9 Å². The highest BCUT2D eigenvalue weighted by Gasteiger charge is 2.12. The maximum Gasteiger partial charge on any atom is 0.138 e. The maximum absolute atomic E-state index is 6.02. The van der Waals surface area contributed by atoms with Gasteiger partial charge >= 0.3 is 0 Å². The van der Waals surface area contributed by atoms with Gasteiger partial charge in [0.1, 0.15) is 11.3 Å². The van der Waals surface area contributed by atoms with Gasteiger partial charge in [0.25, 0.3) is 0 Å². The summed E-state index contributed by atoms with van der Waals surface area (Å²) in [6.45, 7) is 4.20. The molecule has 0 aliphatic carbocycles. The van der Waals surface area contributed by atoms with Crippen LogP contribution in [0.5, 0.6) is 0 Å². The average Bonchev–Trinajstić information content (AvgIpc) is 2.70. The second kappa shape index (κ2) is 3.77. The van der Waals surface area contributed by atoms with Crippen LogP contribution in [-0.2, 0) is 0 Å². The summed E-state index contributed by atoms with van der Waals surface area (Å²) in [5, 5.41) is 1.21. The molecule has 0 radical (unpaired) electrons. The van der Waals surface area contributed by atoms with Gasteiger partial charge in [-0.1, -0.05) is 48.5 Å². The molecule has 0 aliphatic rings. The van der Waals surface area contributed by atoms with Crippen LogP contribution in [0.4, 0.5) is 0 Å². The van der Waals surface area contributed by atoms with Crippen LogP contribution in [0.3, 0.4) is 0 Å². The first-order valence-electron chi connectivity index (χ1n) is 5.81. The standard InChI is InChI=1S/C16H14O/c1-11-7-6-10-14-12(2)16(17-15(11)14)13-8-4-3-5-9-13/h3-10H,1-2H3. The van der Waals surface area contributed by atoms with Gasteiger partial charge in [0.05, 0.1) is 0 Å². The van der Waals surface area contributed by atoms with Crippen LogP contribution in [0.1, 0.15) is 11.1 Å². The Morgan fingerprint density at radius 1 is 0.824 bits per heavy atom. The van der Waals surface area contributed by atoms with Crippen molar-refractivity contribution in [2.75, 3.05) is 0 Å². The molecular formula is C16H14O. The number of hydrogen-bond acceptors (Lipinski definition) is 1. The highest BCUT2D eigenvalue weighted by molar-refractivity contribution is 5.89. The fourth-order valence-electron chi connectivity index (χ4n) is 2.25. The SMILES string of the molecule is Cc1c(-c2ccccc2)oc2c(C)cccc12. The maximum atomic E-state index is 6.02. The highest BCUT2D eigenvalue weighted by Crippen LogP contribution is 2.34. The first-order valence-corrected chi connectivity index (χ1v) is 5.81. The normalized spacial score (nSPS) is 10.9. The van der Waals surface area contributed by atoms with Crippen LogP contribution >= 0.6 is 0 Å². The van der Waals surface area contributed by atoms with Crippen molar-refractivity contribution in [3.05, 3.63) is 59.7 Å². The zero-order valence-corrected chi connectivity index (χ0v) is 10.0. The Morgan fingerprint density at radius 3 is 2.29 bits per heavy atom. The first-order chi connectivity index (χ1) is 8.27. The molecule has 0 spiro atoms.